The lowest BCUT2D eigenvalue weighted by molar-refractivity contribution is 0.241. The molecule has 6 aliphatic rings. The van der Waals surface area contributed by atoms with E-state index < -0.39 is 0 Å². The summed E-state index contributed by atoms with van der Waals surface area (Å²) in [6.07, 6.45) is 16.1. The highest BCUT2D eigenvalue weighted by atomic mass is 35.5. The zero-order valence-electron chi connectivity index (χ0n) is 63.8. The van der Waals surface area contributed by atoms with Crippen LogP contribution in [-0.4, -0.2) is 194 Å². The van der Waals surface area contributed by atoms with Crippen molar-refractivity contribution in [1.29, 1.82) is 0 Å². The van der Waals surface area contributed by atoms with Crippen molar-refractivity contribution in [3.05, 3.63) is 206 Å². The predicted molar refractivity (Wildman–Crippen MR) is 433 cm³/mol. The number of halogens is 3. The van der Waals surface area contributed by atoms with Gasteiger partial charge in [-0.15, -0.1) is 0 Å². The van der Waals surface area contributed by atoms with E-state index in [4.69, 9.17) is 84.7 Å². The second-order valence-corrected chi connectivity index (χ2v) is 28.8. The maximum atomic E-state index is 10.1. The topological polar surface area (TPSA) is 301 Å². The molecule has 0 bridgehead atoms. The molecule has 6 aliphatic heterocycles. The van der Waals surface area contributed by atoms with Crippen LogP contribution in [0, 0.1) is 0 Å². The number of nitrogens with one attached hydrogen (secondary N) is 2. The number of aliphatic hydroxyl groups excluding tert-OH is 2. The summed E-state index contributed by atoms with van der Waals surface area (Å²) in [5.74, 6) is 6.74. The lowest BCUT2D eigenvalue weighted by Gasteiger charge is -2.33. The van der Waals surface area contributed by atoms with Crippen LogP contribution < -0.4 is 60.3 Å². The summed E-state index contributed by atoms with van der Waals surface area (Å²) in [6.45, 7) is 12.0. The van der Waals surface area contributed by atoms with E-state index >= 15 is 0 Å². The Hall–Kier alpha value is -9.65. The number of benzene rings is 5. The third-order valence-corrected chi connectivity index (χ3v) is 21.2. The van der Waals surface area contributed by atoms with Crippen LogP contribution >= 0.6 is 34.8 Å². The van der Waals surface area contributed by atoms with Gasteiger partial charge in [-0.05, 0) is 85.0 Å². The fourth-order valence-corrected chi connectivity index (χ4v) is 15.5. The zero-order valence-corrected chi connectivity index (χ0v) is 66.1. The number of aliphatic hydroxyl groups is 2. The molecule has 3 atom stereocenters. The van der Waals surface area contributed by atoms with E-state index in [9.17, 15) is 10.2 Å². The molecule has 8 N–H and O–H groups in total. The van der Waals surface area contributed by atoms with E-state index in [1.54, 1.807) is 66.1 Å². The van der Waals surface area contributed by atoms with E-state index in [1.807, 2.05) is 53.2 Å². The van der Waals surface area contributed by atoms with E-state index in [0.717, 1.165) is 175 Å². The van der Waals surface area contributed by atoms with E-state index in [1.165, 1.54) is 41.6 Å². The van der Waals surface area contributed by atoms with Crippen LogP contribution in [-0.2, 0) is 58.5 Å². The van der Waals surface area contributed by atoms with E-state index in [0.29, 0.717) is 68.6 Å². The number of nitrogen functional groups attached to an aromatic ring is 1. The van der Waals surface area contributed by atoms with Crippen molar-refractivity contribution in [2.24, 2.45) is 5.73 Å². The molecule has 16 rings (SSSR count). The Balaban J connectivity index is 0.000000141. The van der Waals surface area contributed by atoms with Gasteiger partial charge in [-0.1, -0.05) is 103 Å². The van der Waals surface area contributed by atoms with Crippen molar-refractivity contribution in [3.63, 3.8) is 0 Å². The molecular weight excluding hydrogens is 1470 g/mol. The Kier molecular flexibility index (Phi) is 28.8. The van der Waals surface area contributed by atoms with Gasteiger partial charge in [0.2, 0.25) is 28.0 Å². The molecule has 0 saturated carbocycles. The Morgan fingerprint density at radius 1 is 0.495 bits per heavy atom. The molecule has 0 aliphatic carbocycles. The minimum Gasteiger partial charge on any atom is -0.493 e. The molecule has 30 heteroatoms. The Labute approximate surface area is 663 Å². The van der Waals surface area contributed by atoms with Crippen LogP contribution in [0.3, 0.4) is 0 Å². The van der Waals surface area contributed by atoms with Gasteiger partial charge >= 0.3 is 0 Å². The van der Waals surface area contributed by atoms with Gasteiger partial charge < -0.3 is 79.7 Å². The quantitative estimate of drug-likeness (QED) is 0.0288. The second-order valence-electron chi connectivity index (χ2n) is 27.7. The molecule has 3 saturated heterocycles. The number of hydrogen-bond acceptors (Lipinski definition) is 25. The molecule has 111 heavy (non-hydrogen) atoms. The van der Waals surface area contributed by atoms with Crippen LogP contribution in [0.2, 0.25) is 15.7 Å². The molecule has 0 unspecified atom stereocenters. The summed E-state index contributed by atoms with van der Waals surface area (Å²) in [5.41, 5.74) is 22.9. The third-order valence-electron chi connectivity index (χ3n) is 20.5. The van der Waals surface area contributed by atoms with Gasteiger partial charge in [-0.2, -0.15) is 4.98 Å². The minimum atomic E-state index is 0.0561. The fraction of sp³-hybridized carbons (Fsp3) is 0.407. The Bertz CT molecular complexity index is 4590. The maximum Gasteiger partial charge on any atom is 0.230 e. The van der Waals surface area contributed by atoms with Crippen molar-refractivity contribution in [2.45, 2.75) is 115 Å². The van der Waals surface area contributed by atoms with Crippen LogP contribution in [0.5, 0.6) is 34.5 Å². The van der Waals surface area contributed by atoms with Gasteiger partial charge in [-0.3, -0.25) is 14.7 Å². The Morgan fingerprint density at radius 2 is 0.928 bits per heavy atom. The number of rotatable bonds is 21. The number of aromatic nitrogens is 10. The molecule has 0 spiro atoms. The SMILES string of the molecule is COc1cc(-n2cnc(N)c2)cc(OC)c1OC.COc1cc(-n2cnc(Nc3nc4c(c(N5CCC[C@H]5CO)n3)CN(Cc3ccccc3)CC4)c2)cc(OC)c1OC.Clc1nc(Cl)c2c(n1)CCN(Cc1ccccc1)C2.NC[C@@H]1CCCN1.OC[C@@H]1CCCN1c1nc(Cl)nc2c1CN(Cc1ccccc1)CC2. The van der Waals surface area contributed by atoms with Gasteiger partial charge in [0, 0.05) is 145 Å². The maximum absolute atomic E-state index is 10.1. The number of ether oxygens (including phenoxy) is 6. The highest BCUT2D eigenvalue weighted by molar-refractivity contribution is 6.32. The first-order valence-corrected chi connectivity index (χ1v) is 38.7. The van der Waals surface area contributed by atoms with Crippen LogP contribution in [0.1, 0.15) is 89.0 Å². The first-order chi connectivity index (χ1) is 54.2. The second kappa shape index (κ2) is 39.5. The number of nitrogens with zero attached hydrogens (tertiary/aromatic N) is 15. The molecule has 3 fully saturated rings. The van der Waals surface area contributed by atoms with Gasteiger partial charge in [-0.25, -0.2) is 34.9 Å². The molecule has 11 heterocycles. The van der Waals surface area contributed by atoms with Crippen molar-refractivity contribution in [2.75, 3.05) is 123 Å². The standard InChI is InChI=1S/C31H37N7O4.C19H23ClN4O.C14H13Cl2N3.C12H15N3O3.C5H12N2/c1-40-26-14-23(15-27(41-2)29(26)42-3)37-18-28(32-20-37)34-31-33-25-11-13-36(16-21-8-5-4-6-9-21)17-24(25)30(35-31)38-12-7-10-22(38)19-39;20-19-21-17-8-10-23(11-14-5-2-1-3-6-14)12-16(17)18(22-19)24-9-4-7-15(24)13-25;15-13-11-9-19(8-10-4-2-1-3-5-10)7-6-12(11)17-14(16)18-13;1-16-9-4-8(15-6-11(13)14-7-15)5-10(17-2)12(9)18-3;6-4-5-2-1-3-7-5/h4-6,8-9,14-15,18,20,22,39H,7,10-13,16-17,19H2,1-3H3,(H,33,34,35);1-3,5-6,15,25H,4,7-13H2;1-5H,6-9H2;4-7H,13H2,1-3H3;5,7H,1-4,6H2/t22-;15-;;;5-/m00..0/s1. The van der Waals surface area contributed by atoms with Gasteiger partial charge in [0.25, 0.3) is 0 Å². The lowest BCUT2D eigenvalue weighted by atomic mass is 10.0. The number of fused-ring (bicyclic) bond motifs is 3. The highest BCUT2D eigenvalue weighted by Crippen LogP contribution is 2.42. The monoisotopic (exact) mass is 1570 g/mol. The van der Waals surface area contributed by atoms with Crippen molar-refractivity contribution in [3.8, 4) is 45.9 Å². The fourth-order valence-electron chi connectivity index (χ4n) is 14.9. The molecule has 10 aromatic rings. The van der Waals surface area contributed by atoms with Crippen molar-refractivity contribution < 1.29 is 38.6 Å². The number of methoxy groups -OCH3 is 6. The summed E-state index contributed by atoms with van der Waals surface area (Å²) in [4.78, 5) is 47.5. The van der Waals surface area contributed by atoms with E-state index in [2.05, 4.69) is 138 Å². The van der Waals surface area contributed by atoms with Gasteiger partial charge in [0.05, 0.1) is 109 Å². The average Bonchev–Trinajstić information content (AvgIpc) is 1.79. The van der Waals surface area contributed by atoms with Crippen molar-refractivity contribution >= 4 is 64.0 Å². The first-order valence-electron chi connectivity index (χ1n) is 37.5. The number of nitrogens with two attached hydrogens (primary N) is 2. The van der Waals surface area contributed by atoms with Gasteiger partial charge in [0.1, 0.15) is 35.3 Å². The number of anilines is 5. The molecular formula is C81H100Cl3N19O8. The number of imidazole rings is 2. The number of hydrogen-bond donors (Lipinski definition) is 6. The largest absolute Gasteiger partial charge is 0.493 e. The third kappa shape index (κ3) is 20.7. The first kappa shape index (κ1) is 80.9. The molecule has 5 aromatic heterocycles. The summed E-state index contributed by atoms with van der Waals surface area (Å²) >= 11 is 18.2. The molecule has 5 aromatic carbocycles. The lowest BCUT2D eigenvalue weighted by Crippen LogP contribution is -2.37. The normalized spacial score (nSPS) is 17.2. The molecule has 588 valence electrons. The Morgan fingerprint density at radius 3 is 1.34 bits per heavy atom. The summed E-state index contributed by atoms with van der Waals surface area (Å²) < 4.78 is 35.9. The van der Waals surface area contributed by atoms with Gasteiger partial charge in [0.15, 0.2) is 28.8 Å². The molecule has 0 amide bonds. The molecule has 27 nitrogen and oxygen atoms in total. The zero-order chi connectivity index (χ0) is 77.8. The summed E-state index contributed by atoms with van der Waals surface area (Å²) in [5, 5.41) is 27.5. The average molecular weight is 1570 g/mol. The smallest absolute Gasteiger partial charge is 0.230 e. The summed E-state index contributed by atoms with van der Waals surface area (Å²) in [7, 11) is 9.48. The van der Waals surface area contributed by atoms with Crippen LogP contribution in [0.25, 0.3) is 11.4 Å². The van der Waals surface area contributed by atoms with E-state index in [-0.39, 0.29) is 30.6 Å². The van der Waals surface area contributed by atoms with Crippen LogP contribution in [0.15, 0.2) is 140 Å². The predicted octanol–water partition coefficient (Wildman–Crippen LogP) is 11.1. The highest BCUT2D eigenvalue weighted by Gasteiger charge is 2.34. The minimum absolute atomic E-state index is 0.0561. The molecule has 0 radical (unpaired) electrons. The summed E-state index contributed by atoms with van der Waals surface area (Å²) in [6, 6.07) is 39.7. The van der Waals surface area contributed by atoms with Crippen LogP contribution in [0.4, 0.5) is 29.2 Å². The van der Waals surface area contributed by atoms with Crippen molar-refractivity contribution in [1.82, 2.24) is 69.0 Å².